The Morgan fingerprint density at radius 2 is 1.81 bits per heavy atom. The first-order valence-corrected chi connectivity index (χ1v) is 10.0. The molecule has 0 aromatic carbocycles. The largest absolute Gasteiger partial charge is 0.481 e. The Balaban J connectivity index is 2.79. The lowest BCUT2D eigenvalue weighted by molar-refractivity contribution is -0.144. The molecule has 0 spiro atoms. The van der Waals surface area contributed by atoms with E-state index in [0.29, 0.717) is 5.75 Å². The van der Waals surface area contributed by atoms with Crippen LogP contribution in [0, 0.1) is 5.41 Å². The number of carboxylic acid groups (broad SMARTS) is 1. The Morgan fingerprint density at radius 1 is 1.19 bits per heavy atom. The average molecular weight is 389 g/mol. The second kappa shape index (κ2) is 9.60. The fourth-order valence-corrected chi connectivity index (χ4v) is 4.75. The third-order valence-corrected chi connectivity index (χ3v) is 7.38. The van der Waals surface area contributed by atoms with Gasteiger partial charge < -0.3 is 20.9 Å². The number of aliphatic carboxylic acids is 1. The number of esters is 1. The summed E-state index contributed by atoms with van der Waals surface area (Å²) in [6.07, 6.45) is 5.23. The summed E-state index contributed by atoms with van der Waals surface area (Å²) in [4.78, 5) is 34.9. The normalized spacial score (nSPS) is 24.8. The number of amides is 1. The fraction of sp³-hybridized carbons (Fsp3) is 0.833. The molecule has 7 nitrogen and oxygen atoms in total. The van der Waals surface area contributed by atoms with Crippen LogP contribution in [0.3, 0.4) is 0 Å². The van der Waals surface area contributed by atoms with E-state index >= 15 is 0 Å². The van der Waals surface area contributed by atoms with Crippen molar-refractivity contribution >= 4 is 29.6 Å². The Labute approximate surface area is 159 Å². The average Bonchev–Trinajstić information content (AvgIpc) is 2.68. The van der Waals surface area contributed by atoms with E-state index in [-0.39, 0.29) is 10.2 Å². The maximum atomic E-state index is 12.1. The number of hydrogen-bond acceptors (Lipinski definition) is 6. The van der Waals surface area contributed by atoms with Crippen molar-refractivity contribution in [3.63, 3.8) is 0 Å². The van der Waals surface area contributed by atoms with E-state index in [2.05, 4.69) is 26.1 Å². The molecule has 150 valence electrons. The lowest BCUT2D eigenvalue weighted by Crippen LogP contribution is -2.51. The second-order valence-electron chi connectivity index (χ2n) is 7.78. The van der Waals surface area contributed by atoms with Crippen molar-refractivity contribution in [2.75, 3.05) is 12.9 Å². The summed E-state index contributed by atoms with van der Waals surface area (Å²) in [5, 5.41) is 11.3. The molecule has 0 aliphatic heterocycles. The molecule has 1 aliphatic rings. The Bertz CT molecular complexity index is 526. The number of carbonyl (C=O) groups is 3. The van der Waals surface area contributed by atoms with E-state index in [0.717, 1.165) is 19.3 Å². The molecule has 1 fully saturated rings. The molecule has 0 aromatic rings. The molecule has 0 bridgehead atoms. The smallest absolute Gasteiger partial charge is 0.329 e. The summed E-state index contributed by atoms with van der Waals surface area (Å²) < 4.78 is 4.78. The zero-order valence-corrected chi connectivity index (χ0v) is 17.0. The molecule has 0 saturated heterocycles. The van der Waals surface area contributed by atoms with E-state index in [1.54, 1.807) is 11.8 Å². The van der Waals surface area contributed by atoms with Crippen LogP contribution in [0.4, 0.5) is 0 Å². The molecule has 4 N–H and O–H groups in total. The highest BCUT2D eigenvalue weighted by atomic mass is 32.2. The van der Waals surface area contributed by atoms with Gasteiger partial charge in [0.25, 0.3) is 0 Å². The van der Waals surface area contributed by atoms with Crippen molar-refractivity contribution in [2.45, 2.75) is 76.1 Å². The summed E-state index contributed by atoms with van der Waals surface area (Å²) in [5.74, 6) is -2.01. The second-order valence-corrected chi connectivity index (χ2v) is 9.30. The first-order chi connectivity index (χ1) is 12.0. The molecule has 0 radical (unpaired) electrons. The number of carboxylic acids is 1. The fourth-order valence-electron chi connectivity index (χ4n) is 3.21. The highest BCUT2D eigenvalue weighted by Crippen LogP contribution is 2.50. The molecule has 3 atom stereocenters. The van der Waals surface area contributed by atoms with Crippen molar-refractivity contribution in [3.8, 4) is 0 Å². The number of thioether (sulfide) groups is 1. The van der Waals surface area contributed by atoms with E-state index in [4.69, 9.17) is 15.6 Å². The lowest BCUT2D eigenvalue weighted by atomic mass is 9.75. The topological polar surface area (TPSA) is 119 Å². The quantitative estimate of drug-likeness (QED) is 0.429. The number of methoxy groups -OCH3 is 1. The van der Waals surface area contributed by atoms with E-state index in [9.17, 15) is 14.4 Å². The van der Waals surface area contributed by atoms with Gasteiger partial charge in [-0.15, -0.1) is 0 Å². The Morgan fingerprint density at radius 3 is 2.38 bits per heavy atom. The van der Waals surface area contributed by atoms with E-state index in [1.807, 2.05) is 0 Å². The van der Waals surface area contributed by atoms with Crippen LogP contribution in [0.15, 0.2) is 0 Å². The van der Waals surface area contributed by atoms with Crippen molar-refractivity contribution in [1.82, 2.24) is 5.32 Å². The first kappa shape index (κ1) is 22.8. The highest BCUT2D eigenvalue weighted by molar-refractivity contribution is 8.00. The van der Waals surface area contributed by atoms with E-state index < -0.39 is 36.4 Å². The molecule has 0 aromatic heterocycles. The molecular formula is C18H32N2O5S. The van der Waals surface area contributed by atoms with Crippen molar-refractivity contribution < 1.29 is 24.2 Å². The number of hydrogen-bond donors (Lipinski definition) is 3. The Hall–Kier alpha value is -1.28. The molecule has 1 aliphatic carbocycles. The van der Waals surface area contributed by atoms with Gasteiger partial charge in [0.1, 0.15) is 6.04 Å². The minimum atomic E-state index is -1.20. The molecule has 8 heteroatoms. The maximum Gasteiger partial charge on any atom is 0.329 e. The molecular weight excluding hydrogens is 356 g/mol. The summed E-state index contributed by atoms with van der Waals surface area (Å²) >= 11 is 1.67. The van der Waals surface area contributed by atoms with Crippen molar-refractivity contribution in [2.24, 2.45) is 11.1 Å². The molecule has 1 amide bonds. The SMILES string of the molecule is COC(=O)[C@H](CSC1(C)CCCCCC1(C)C)NC(=O)[C@@H](N)CC(=O)O. The maximum absolute atomic E-state index is 12.1. The summed E-state index contributed by atoms with van der Waals surface area (Å²) in [6, 6.07) is -2.05. The zero-order chi connectivity index (χ0) is 20.0. The van der Waals surface area contributed by atoms with Crippen LogP contribution in [0.1, 0.15) is 59.3 Å². The number of rotatable bonds is 8. The molecule has 1 rings (SSSR count). The first-order valence-electron chi connectivity index (χ1n) is 9.02. The number of ether oxygens (including phenoxy) is 1. The molecule has 0 heterocycles. The molecule has 1 saturated carbocycles. The van der Waals surface area contributed by atoms with Crippen LogP contribution >= 0.6 is 11.8 Å². The van der Waals surface area contributed by atoms with Crippen LogP contribution in [-0.4, -0.2) is 52.6 Å². The monoisotopic (exact) mass is 388 g/mol. The van der Waals surface area contributed by atoms with Gasteiger partial charge in [-0.2, -0.15) is 11.8 Å². The van der Waals surface area contributed by atoms with Crippen LogP contribution in [-0.2, 0) is 19.1 Å². The third kappa shape index (κ3) is 6.16. The highest BCUT2D eigenvalue weighted by Gasteiger charge is 2.42. The van der Waals surface area contributed by atoms with Crippen molar-refractivity contribution in [3.05, 3.63) is 0 Å². The van der Waals surface area contributed by atoms with Gasteiger partial charge in [-0.3, -0.25) is 9.59 Å². The van der Waals surface area contributed by atoms with Crippen molar-refractivity contribution in [1.29, 1.82) is 0 Å². The summed E-state index contributed by atoms with van der Waals surface area (Å²) in [7, 11) is 1.26. The minimum absolute atomic E-state index is 0.0241. The van der Waals surface area contributed by atoms with Gasteiger partial charge in [0.2, 0.25) is 5.91 Å². The van der Waals surface area contributed by atoms with Crippen LogP contribution < -0.4 is 11.1 Å². The summed E-state index contributed by atoms with van der Waals surface area (Å²) in [5.41, 5.74) is 5.69. The zero-order valence-electron chi connectivity index (χ0n) is 16.2. The van der Waals surface area contributed by atoms with Gasteiger partial charge in [-0.1, -0.05) is 33.1 Å². The van der Waals surface area contributed by atoms with Gasteiger partial charge in [-0.25, -0.2) is 4.79 Å². The number of nitrogens with two attached hydrogens (primary N) is 1. The van der Waals surface area contributed by atoms with Gasteiger partial charge in [0.05, 0.1) is 19.6 Å². The van der Waals surface area contributed by atoms with Gasteiger partial charge >= 0.3 is 11.9 Å². The van der Waals surface area contributed by atoms with Gasteiger partial charge in [0.15, 0.2) is 0 Å². The standard InChI is InChI=1S/C18H32N2O5S/c1-17(2)8-6-5-7-9-18(17,3)26-11-13(16(24)25-4)20-15(23)12(19)10-14(21)22/h12-13H,5-11,19H2,1-4H3,(H,20,23)(H,21,22)/t12-,13-,18?/m0/s1. The van der Waals surface area contributed by atoms with E-state index in [1.165, 1.54) is 20.0 Å². The lowest BCUT2D eigenvalue weighted by Gasteiger charge is -2.43. The predicted molar refractivity (Wildman–Crippen MR) is 102 cm³/mol. The minimum Gasteiger partial charge on any atom is -0.481 e. The Kier molecular flexibility index (Phi) is 8.40. The van der Waals surface area contributed by atoms with Gasteiger partial charge in [0, 0.05) is 10.5 Å². The third-order valence-electron chi connectivity index (χ3n) is 5.49. The molecule has 26 heavy (non-hydrogen) atoms. The number of nitrogens with one attached hydrogen (secondary N) is 1. The summed E-state index contributed by atoms with van der Waals surface area (Å²) in [6.45, 7) is 6.72. The molecule has 1 unspecified atom stereocenters. The van der Waals surface area contributed by atoms with Crippen LogP contribution in [0.2, 0.25) is 0 Å². The number of carbonyl (C=O) groups excluding carboxylic acids is 2. The van der Waals surface area contributed by atoms with Crippen LogP contribution in [0.5, 0.6) is 0 Å². The predicted octanol–water partition coefficient (Wildman–Crippen LogP) is 1.93. The van der Waals surface area contributed by atoms with Crippen LogP contribution in [0.25, 0.3) is 0 Å². The van der Waals surface area contributed by atoms with Gasteiger partial charge in [-0.05, 0) is 25.2 Å².